The first kappa shape index (κ1) is 10.5. The Morgan fingerprint density at radius 2 is 2.31 bits per heavy atom. The average molecular weight is 266 g/mol. The summed E-state index contributed by atoms with van der Waals surface area (Å²) in [6.07, 6.45) is 0. The van der Waals surface area contributed by atoms with Crippen molar-refractivity contribution in [2.45, 2.75) is 0 Å². The standard InChI is InChI=1S/C8H6BrClFNO/c9-4-8(13)12-5-1-2-6(10)7(11)3-5/h1-3H,4H2,(H,12,13). The highest BCUT2D eigenvalue weighted by molar-refractivity contribution is 9.09. The Bertz CT molecular complexity index is 332. The maximum absolute atomic E-state index is 12.8. The zero-order chi connectivity index (χ0) is 9.84. The van der Waals surface area contributed by atoms with Gasteiger partial charge in [0.25, 0.3) is 0 Å². The Balaban J connectivity index is 2.79. The maximum atomic E-state index is 12.8. The smallest absolute Gasteiger partial charge is 0.235 e. The number of carbonyl (C=O) groups is 1. The number of hydrogen-bond acceptors (Lipinski definition) is 1. The minimum atomic E-state index is -0.547. The number of carbonyl (C=O) groups excluding carboxylic acids is 1. The predicted octanol–water partition coefficient (Wildman–Crippen LogP) is 2.81. The number of anilines is 1. The van der Waals surface area contributed by atoms with E-state index in [1.165, 1.54) is 18.2 Å². The third kappa shape index (κ3) is 2.97. The van der Waals surface area contributed by atoms with Crippen LogP contribution in [0.1, 0.15) is 0 Å². The molecule has 13 heavy (non-hydrogen) atoms. The fourth-order valence-electron chi connectivity index (χ4n) is 0.768. The van der Waals surface area contributed by atoms with Gasteiger partial charge in [0.05, 0.1) is 10.4 Å². The Kier molecular flexibility index (Phi) is 3.69. The van der Waals surface area contributed by atoms with Crippen LogP contribution in [0.15, 0.2) is 18.2 Å². The summed E-state index contributed by atoms with van der Waals surface area (Å²) in [4.78, 5) is 10.9. The van der Waals surface area contributed by atoms with Crippen molar-refractivity contribution < 1.29 is 9.18 Å². The monoisotopic (exact) mass is 265 g/mol. The number of rotatable bonds is 2. The molecule has 5 heteroatoms. The zero-order valence-electron chi connectivity index (χ0n) is 6.48. The van der Waals surface area contributed by atoms with Crippen molar-refractivity contribution >= 4 is 39.1 Å². The van der Waals surface area contributed by atoms with Crippen molar-refractivity contribution in [1.29, 1.82) is 0 Å². The molecule has 0 heterocycles. The van der Waals surface area contributed by atoms with Crippen molar-refractivity contribution in [3.63, 3.8) is 0 Å². The molecule has 2 nitrogen and oxygen atoms in total. The largest absolute Gasteiger partial charge is 0.325 e. The van der Waals surface area contributed by atoms with Gasteiger partial charge in [0.1, 0.15) is 5.82 Å². The third-order valence-corrected chi connectivity index (χ3v) is 2.14. The van der Waals surface area contributed by atoms with E-state index in [0.717, 1.165) is 0 Å². The van der Waals surface area contributed by atoms with Crippen molar-refractivity contribution in [3.8, 4) is 0 Å². The van der Waals surface area contributed by atoms with Crippen LogP contribution in [0.3, 0.4) is 0 Å². The summed E-state index contributed by atoms with van der Waals surface area (Å²) < 4.78 is 12.8. The molecule has 0 bridgehead atoms. The van der Waals surface area contributed by atoms with E-state index in [4.69, 9.17) is 11.6 Å². The first-order chi connectivity index (χ1) is 6.13. The van der Waals surface area contributed by atoms with Crippen molar-refractivity contribution in [2.24, 2.45) is 0 Å². The SMILES string of the molecule is O=C(CBr)Nc1ccc(Cl)c(F)c1. The van der Waals surface area contributed by atoms with Crippen molar-refractivity contribution in [3.05, 3.63) is 29.0 Å². The molecular weight excluding hydrogens is 260 g/mol. The van der Waals surface area contributed by atoms with Crippen molar-refractivity contribution in [2.75, 3.05) is 10.6 Å². The lowest BCUT2D eigenvalue weighted by Gasteiger charge is -2.02. The van der Waals surface area contributed by atoms with Crippen LogP contribution < -0.4 is 5.32 Å². The van der Waals surface area contributed by atoms with Gasteiger partial charge in [-0.25, -0.2) is 4.39 Å². The van der Waals surface area contributed by atoms with Crippen LogP contribution in [0.25, 0.3) is 0 Å². The summed E-state index contributed by atoms with van der Waals surface area (Å²) in [5.74, 6) is -0.782. The van der Waals surface area contributed by atoms with E-state index < -0.39 is 5.82 Å². The van der Waals surface area contributed by atoms with Crippen molar-refractivity contribution in [1.82, 2.24) is 0 Å². The van der Waals surface area contributed by atoms with E-state index in [-0.39, 0.29) is 16.3 Å². The van der Waals surface area contributed by atoms with Crippen LogP contribution in [-0.2, 0) is 4.79 Å². The molecule has 0 aliphatic carbocycles. The summed E-state index contributed by atoms with van der Waals surface area (Å²) in [5, 5.41) is 2.69. The minimum absolute atomic E-state index is 0.0387. The van der Waals surface area contributed by atoms with E-state index >= 15 is 0 Å². The van der Waals surface area contributed by atoms with Gasteiger partial charge in [0.15, 0.2) is 0 Å². The lowest BCUT2D eigenvalue weighted by atomic mass is 10.3. The fourth-order valence-corrected chi connectivity index (χ4v) is 1.03. The molecule has 0 spiro atoms. The Labute approximate surface area is 88.2 Å². The van der Waals surface area contributed by atoms with Crippen LogP contribution in [0, 0.1) is 5.82 Å². The molecule has 0 radical (unpaired) electrons. The summed E-state index contributed by atoms with van der Waals surface area (Å²) in [7, 11) is 0. The molecule has 1 amide bonds. The molecule has 0 saturated carbocycles. The van der Waals surface area contributed by atoms with Gasteiger partial charge in [0, 0.05) is 5.69 Å². The molecule has 1 N–H and O–H groups in total. The van der Waals surface area contributed by atoms with E-state index in [9.17, 15) is 9.18 Å². The second kappa shape index (κ2) is 4.58. The average Bonchev–Trinajstić information content (AvgIpc) is 2.11. The molecule has 0 aromatic heterocycles. The summed E-state index contributed by atoms with van der Waals surface area (Å²) >= 11 is 8.43. The minimum Gasteiger partial charge on any atom is -0.325 e. The molecule has 0 aliphatic rings. The van der Waals surface area contributed by atoms with Gasteiger partial charge in [-0.1, -0.05) is 27.5 Å². The maximum Gasteiger partial charge on any atom is 0.235 e. The van der Waals surface area contributed by atoms with Gasteiger partial charge in [-0.05, 0) is 18.2 Å². The van der Waals surface area contributed by atoms with E-state index in [1.54, 1.807) is 0 Å². The molecule has 0 fully saturated rings. The Hall–Kier alpha value is -0.610. The highest BCUT2D eigenvalue weighted by Gasteiger charge is 2.03. The third-order valence-electron chi connectivity index (χ3n) is 1.32. The topological polar surface area (TPSA) is 29.1 Å². The number of nitrogens with one attached hydrogen (secondary N) is 1. The molecule has 1 aromatic carbocycles. The Morgan fingerprint density at radius 1 is 1.62 bits per heavy atom. The molecule has 0 aliphatic heterocycles. The van der Waals surface area contributed by atoms with Crippen LogP contribution in [0.4, 0.5) is 10.1 Å². The highest BCUT2D eigenvalue weighted by Crippen LogP contribution is 2.18. The first-order valence-corrected chi connectivity index (χ1v) is 4.94. The normalized spacial score (nSPS) is 9.77. The lowest BCUT2D eigenvalue weighted by Crippen LogP contribution is -2.12. The molecule has 70 valence electrons. The van der Waals surface area contributed by atoms with Gasteiger partial charge in [-0.3, -0.25) is 4.79 Å². The van der Waals surface area contributed by atoms with Crippen LogP contribution in [0.5, 0.6) is 0 Å². The molecule has 0 saturated heterocycles. The second-order valence-electron chi connectivity index (χ2n) is 2.31. The number of halogens is 3. The Morgan fingerprint density at radius 3 is 2.85 bits per heavy atom. The van der Waals surface area contributed by atoms with E-state index in [0.29, 0.717) is 5.69 Å². The highest BCUT2D eigenvalue weighted by atomic mass is 79.9. The molecular formula is C8H6BrClFNO. The molecule has 1 aromatic rings. The van der Waals surface area contributed by atoms with Gasteiger partial charge in [-0.2, -0.15) is 0 Å². The number of alkyl halides is 1. The van der Waals surface area contributed by atoms with Crippen LogP contribution >= 0.6 is 27.5 Å². The molecule has 0 atom stereocenters. The zero-order valence-corrected chi connectivity index (χ0v) is 8.82. The van der Waals surface area contributed by atoms with Crippen LogP contribution in [-0.4, -0.2) is 11.2 Å². The summed E-state index contributed by atoms with van der Waals surface area (Å²) in [5.41, 5.74) is 0.395. The summed E-state index contributed by atoms with van der Waals surface area (Å²) in [6.45, 7) is 0. The quantitative estimate of drug-likeness (QED) is 0.820. The first-order valence-electron chi connectivity index (χ1n) is 3.44. The van der Waals surface area contributed by atoms with Crippen LogP contribution in [0.2, 0.25) is 5.02 Å². The number of benzene rings is 1. The predicted molar refractivity (Wildman–Crippen MR) is 53.8 cm³/mol. The molecule has 1 rings (SSSR count). The van der Waals surface area contributed by atoms with Gasteiger partial charge in [-0.15, -0.1) is 0 Å². The summed E-state index contributed by atoms with van der Waals surface area (Å²) in [6, 6.07) is 4.09. The van der Waals surface area contributed by atoms with E-state index in [1.807, 2.05) is 0 Å². The second-order valence-corrected chi connectivity index (χ2v) is 3.28. The molecule has 0 unspecified atom stereocenters. The fraction of sp³-hybridized carbons (Fsp3) is 0.125. The lowest BCUT2D eigenvalue weighted by molar-refractivity contribution is -0.113. The van der Waals surface area contributed by atoms with Gasteiger partial charge >= 0.3 is 0 Å². The van der Waals surface area contributed by atoms with Gasteiger partial charge < -0.3 is 5.32 Å². The number of hydrogen-bond donors (Lipinski definition) is 1. The van der Waals surface area contributed by atoms with E-state index in [2.05, 4.69) is 21.2 Å². The number of amides is 1. The van der Waals surface area contributed by atoms with Gasteiger partial charge in [0.2, 0.25) is 5.91 Å².